The molecule has 5 aromatic rings. The minimum absolute atomic E-state index is 0.0588. The predicted octanol–water partition coefficient (Wildman–Crippen LogP) is 13.3. The van der Waals surface area contributed by atoms with E-state index < -0.39 is 0 Å². The average Bonchev–Trinajstić information content (AvgIpc) is 3.91. The minimum Gasteiger partial charge on any atom is -0.374 e. The second kappa shape index (κ2) is 22.6. The molecule has 4 aliphatic carbocycles. The molecule has 4 fully saturated rings. The van der Waals surface area contributed by atoms with Crippen LogP contribution < -0.4 is 15.5 Å². The van der Waals surface area contributed by atoms with Crippen molar-refractivity contribution in [3.63, 3.8) is 0 Å². The smallest absolute Gasteiger partial charge is 0.270 e. The fourth-order valence-electron chi connectivity index (χ4n) is 14.5. The third-order valence-corrected chi connectivity index (χ3v) is 17.6. The predicted molar refractivity (Wildman–Crippen MR) is 296 cm³/mol. The van der Waals surface area contributed by atoms with Gasteiger partial charge in [0.25, 0.3) is 5.91 Å². The molecular formula is C59H84N10O3S. The number of Topliss-reactive ketones (excluding diaryl/α,β-unsaturated/α-hetero) is 1. The van der Waals surface area contributed by atoms with Crippen LogP contribution in [-0.4, -0.2) is 91.5 Å². The number of amides is 1. The first kappa shape index (κ1) is 53.1. The number of anilines is 4. The van der Waals surface area contributed by atoms with Gasteiger partial charge < -0.3 is 30.0 Å². The van der Waals surface area contributed by atoms with Crippen molar-refractivity contribution in [2.24, 2.45) is 16.2 Å². The lowest BCUT2D eigenvalue weighted by Crippen LogP contribution is -2.64. The van der Waals surface area contributed by atoms with Gasteiger partial charge in [-0.2, -0.15) is 5.10 Å². The highest BCUT2D eigenvalue weighted by atomic mass is 32.1. The summed E-state index contributed by atoms with van der Waals surface area (Å²) in [5, 5.41) is 22.0. The number of nitrogens with one attached hydrogen (secondary N) is 2. The highest BCUT2D eigenvalue weighted by Crippen LogP contribution is 2.72. The van der Waals surface area contributed by atoms with Gasteiger partial charge in [-0.15, -0.1) is 10.2 Å². The standard InChI is InChI=1S/C59H84N10O3S/c1-41(2)61-54(71)51-46(27-28-50(63-51)68-30-22-24-45-43(4)52(65-66-53(45)68)64-55-62-48-25-19-20-26-49(48)73-55)47-33-60-69(44(47)5)40-58-35-56(6)34-57(7,36-58)38-59(37-56,39-58)72-32-31-67(8)29-21-17-15-13-11-9-10-12-14-16-18-23-42(3)70/h19-20,25-28,33,41H,9-18,21-24,29-32,34-40H2,1-8H3,(H,61,71)(H,62,64,65). The van der Waals surface area contributed by atoms with Crippen LogP contribution in [0.3, 0.4) is 0 Å². The number of hydrogen-bond acceptors (Lipinski definition) is 12. The number of fused-ring (bicyclic) bond motifs is 2. The molecule has 1 amide bonds. The summed E-state index contributed by atoms with van der Waals surface area (Å²) in [5.41, 5.74) is 6.75. The number of rotatable bonds is 26. The Morgan fingerprint density at radius 2 is 1.52 bits per heavy atom. The van der Waals surface area contributed by atoms with Gasteiger partial charge in [-0.3, -0.25) is 9.48 Å². The molecule has 0 saturated heterocycles. The summed E-state index contributed by atoms with van der Waals surface area (Å²) in [6.45, 7) is 19.4. The SMILES string of the molecule is CC(=O)CCCCCCCCCCCCCN(C)CCOC12CC3(C)CC(C)(CC(Cn4ncc(-c5ccc(N6CCCc7c6nnc(Nc6nc8ccccc8s6)c7C)nc5C(=O)NC(C)C)c4C)(C3)C1)C2. The van der Waals surface area contributed by atoms with Crippen molar-refractivity contribution in [2.75, 3.05) is 43.5 Å². The number of carbonyl (C=O) groups is 2. The lowest BCUT2D eigenvalue weighted by Gasteiger charge is -2.69. The number of likely N-dealkylation sites (N-methyl/N-ethyl adjacent to an activating group) is 1. The summed E-state index contributed by atoms with van der Waals surface area (Å²) in [5.74, 6) is 2.28. The molecule has 4 aromatic heterocycles. The van der Waals surface area contributed by atoms with Crippen LogP contribution >= 0.6 is 11.3 Å². The van der Waals surface area contributed by atoms with Crippen LogP contribution in [0.4, 0.5) is 22.6 Å². The van der Waals surface area contributed by atoms with Gasteiger partial charge in [0.05, 0.1) is 28.6 Å². The van der Waals surface area contributed by atoms with E-state index >= 15 is 0 Å². The number of para-hydroxylation sites is 1. The number of unbranched alkanes of at least 4 members (excludes halogenated alkanes) is 10. The molecule has 5 aliphatic rings. The first-order valence-corrected chi connectivity index (χ1v) is 28.8. The number of ketones is 1. The number of aromatic nitrogens is 6. The largest absolute Gasteiger partial charge is 0.374 e. The molecule has 4 saturated carbocycles. The fourth-order valence-corrected chi connectivity index (χ4v) is 15.3. The molecule has 2 N–H and O–H groups in total. The van der Waals surface area contributed by atoms with E-state index in [0.29, 0.717) is 23.1 Å². The Balaban J connectivity index is 0.836. The minimum atomic E-state index is -0.201. The van der Waals surface area contributed by atoms with Gasteiger partial charge in [-0.1, -0.05) is 95.1 Å². The van der Waals surface area contributed by atoms with Gasteiger partial charge in [0.2, 0.25) is 0 Å². The van der Waals surface area contributed by atoms with Crippen LogP contribution in [0, 0.1) is 30.1 Å². The number of carbonyl (C=O) groups excluding carboxylic acids is 2. The average molecular weight is 1010 g/mol. The van der Waals surface area contributed by atoms with Crippen LogP contribution in [0.1, 0.15) is 184 Å². The van der Waals surface area contributed by atoms with Gasteiger partial charge in [0.15, 0.2) is 16.8 Å². The van der Waals surface area contributed by atoms with Crippen molar-refractivity contribution in [1.29, 1.82) is 0 Å². The number of pyridine rings is 1. The molecule has 394 valence electrons. The summed E-state index contributed by atoms with van der Waals surface area (Å²) in [6.07, 6.45) is 25.6. The van der Waals surface area contributed by atoms with Crippen molar-refractivity contribution < 1.29 is 14.3 Å². The molecule has 5 heterocycles. The molecule has 2 unspecified atom stereocenters. The highest BCUT2D eigenvalue weighted by Gasteiger charge is 2.66. The molecule has 2 atom stereocenters. The number of ether oxygens (including phenoxy) is 1. The molecule has 4 bridgehead atoms. The topological polar surface area (TPSA) is 143 Å². The van der Waals surface area contributed by atoms with Gasteiger partial charge in [0, 0.05) is 60.0 Å². The zero-order valence-electron chi connectivity index (χ0n) is 45.5. The lowest BCUT2D eigenvalue weighted by molar-refractivity contribution is -0.248. The summed E-state index contributed by atoms with van der Waals surface area (Å²) < 4.78 is 10.5. The Hall–Kier alpha value is -4.79. The Morgan fingerprint density at radius 1 is 0.822 bits per heavy atom. The maximum Gasteiger partial charge on any atom is 0.270 e. The summed E-state index contributed by atoms with van der Waals surface area (Å²) >= 11 is 1.60. The van der Waals surface area contributed by atoms with Gasteiger partial charge in [-0.05, 0) is 153 Å². The van der Waals surface area contributed by atoms with Crippen molar-refractivity contribution in [1.82, 2.24) is 40.2 Å². The second-order valence-electron chi connectivity index (χ2n) is 24.2. The lowest BCUT2D eigenvalue weighted by atomic mass is 9.39. The van der Waals surface area contributed by atoms with E-state index in [1.165, 1.54) is 83.5 Å². The summed E-state index contributed by atoms with van der Waals surface area (Å²) in [4.78, 5) is 39.9. The summed E-state index contributed by atoms with van der Waals surface area (Å²) in [6, 6.07) is 12.2. The molecule has 1 aromatic carbocycles. The number of hydrogen-bond donors (Lipinski definition) is 2. The molecule has 13 nitrogen and oxygen atoms in total. The normalized spacial score (nSPS) is 23.2. The Morgan fingerprint density at radius 3 is 2.22 bits per heavy atom. The highest BCUT2D eigenvalue weighted by molar-refractivity contribution is 7.22. The van der Waals surface area contributed by atoms with Crippen LogP contribution in [0.15, 0.2) is 42.6 Å². The second-order valence-corrected chi connectivity index (χ2v) is 25.2. The Labute approximate surface area is 439 Å². The third kappa shape index (κ3) is 12.5. The van der Waals surface area contributed by atoms with Gasteiger partial charge in [-0.25, -0.2) is 9.97 Å². The Kier molecular flexibility index (Phi) is 16.4. The maximum atomic E-state index is 14.2. The zero-order chi connectivity index (χ0) is 51.4. The van der Waals surface area contributed by atoms with E-state index in [4.69, 9.17) is 24.9 Å². The number of benzene rings is 1. The molecular weight excluding hydrogens is 929 g/mol. The van der Waals surface area contributed by atoms with Crippen molar-refractivity contribution in [2.45, 2.75) is 195 Å². The third-order valence-electron chi connectivity index (χ3n) is 16.7. The maximum absolute atomic E-state index is 14.2. The van der Waals surface area contributed by atoms with E-state index in [1.54, 1.807) is 18.3 Å². The van der Waals surface area contributed by atoms with E-state index in [0.717, 1.165) is 127 Å². The summed E-state index contributed by atoms with van der Waals surface area (Å²) in [7, 11) is 2.27. The molecule has 0 radical (unpaired) electrons. The van der Waals surface area contributed by atoms with E-state index in [-0.39, 0.29) is 33.8 Å². The van der Waals surface area contributed by atoms with Crippen LogP contribution in [0.25, 0.3) is 21.3 Å². The van der Waals surface area contributed by atoms with Crippen molar-refractivity contribution in [3.05, 3.63) is 65.1 Å². The first-order valence-electron chi connectivity index (χ1n) is 28.0. The van der Waals surface area contributed by atoms with E-state index in [9.17, 15) is 9.59 Å². The molecule has 14 heteroatoms. The quantitative estimate of drug-likeness (QED) is 0.0511. The van der Waals surface area contributed by atoms with Crippen molar-refractivity contribution in [3.8, 4) is 11.1 Å². The Bertz CT molecular complexity index is 2680. The van der Waals surface area contributed by atoms with E-state index in [1.807, 2.05) is 44.3 Å². The van der Waals surface area contributed by atoms with Crippen LogP contribution in [0.5, 0.6) is 0 Å². The molecule has 10 rings (SSSR count). The monoisotopic (exact) mass is 1010 g/mol. The first-order chi connectivity index (χ1) is 35.0. The fraction of sp³-hybridized carbons (Fsp3) is 0.644. The van der Waals surface area contributed by atoms with Gasteiger partial charge in [0.1, 0.15) is 17.3 Å². The van der Waals surface area contributed by atoms with Crippen LogP contribution in [0.2, 0.25) is 0 Å². The van der Waals surface area contributed by atoms with Crippen LogP contribution in [-0.2, 0) is 22.5 Å². The number of nitrogens with zero attached hydrogens (tertiary/aromatic N) is 8. The molecule has 1 aliphatic heterocycles. The van der Waals surface area contributed by atoms with Crippen molar-refractivity contribution >= 4 is 55.8 Å². The zero-order valence-corrected chi connectivity index (χ0v) is 46.3. The van der Waals surface area contributed by atoms with Gasteiger partial charge >= 0.3 is 0 Å². The molecule has 0 spiro atoms. The number of thiazole rings is 1. The van der Waals surface area contributed by atoms with E-state index in [2.05, 4.69) is 77.1 Å². The molecule has 73 heavy (non-hydrogen) atoms.